The molecule has 1 fully saturated rings. The first-order chi connectivity index (χ1) is 9.94. The number of likely N-dealkylation sites (tertiary alicyclic amines) is 1. The van der Waals surface area contributed by atoms with Crippen LogP contribution in [0.5, 0.6) is 0 Å². The molecule has 0 saturated carbocycles. The number of carbonyl (C=O) groups is 1. The molecule has 1 aromatic rings. The van der Waals surface area contributed by atoms with Gasteiger partial charge >= 0.3 is 6.03 Å². The SMILES string of the molecule is Cc1cc(C)cc(CC(C)NC(=O)N2CCCC(O)C2)c1. The van der Waals surface area contributed by atoms with Crippen molar-refractivity contribution in [1.29, 1.82) is 0 Å². The van der Waals surface area contributed by atoms with Gasteiger partial charge in [0.15, 0.2) is 0 Å². The largest absolute Gasteiger partial charge is 0.391 e. The highest BCUT2D eigenvalue weighted by Crippen LogP contribution is 2.12. The van der Waals surface area contributed by atoms with Crippen LogP contribution < -0.4 is 5.32 Å². The van der Waals surface area contributed by atoms with E-state index in [-0.39, 0.29) is 18.2 Å². The van der Waals surface area contributed by atoms with E-state index in [1.807, 2.05) is 6.92 Å². The number of amides is 2. The second-order valence-corrected chi connectivity index (χ2v) is 6.29. The maximum Gasteiger partial charge on any atom is 0.317 e. The van der Waals surface area contributed by atoms with Gasteiger partial charge in [0, 0.05) is 19.1 Å². The van der Waals surface area contributed by atoms with Crippen LogP contribution in [0.2, 0.25) is 0 Å². The number of hydrogen-bond acceptors (Lipinski definition) is 2. The van der Waals surface area contributed by atoms with Gasteiger partial charge in [-0.2, -0.15) is 0 Å². The molecular weight excluding hydrogens is 264 g/mol. The Kier molecular flexibility index (Phi) is 5.23. The van der Waals surface area contributed by atoms with Gasteiger partial charge in [-0.15, -0.1) is 0 Å². The van der Waals surface area contributed by atoms with Gasteiger partial charge in [-0.1, -0.05) is 29.3 Å². The number of nitrogens with one attached hydrogen (secondary N) is 1. The lowest BCUT2D eigenvalue weighted by Gasteiger charge is -2.31. The first-order valence-corrected chi connectivity index (χ1v) is 7.74. The van der Waals surface area contributed by atoms with Crippen molar-refractivity contribution in [2.45, 2.75) is 52.2 Å². The van der Waals surface area contributed by atoms with Gasteiger partial charge in [0.25, 0.3) is 0 Å². The van der Waals surface area contributed by atoms with E-state index in [1.54, 1.807) is 4.90 Å². The van der Waals surface area contributed by atoms with Crippen molar-refractivity contribution in [3.63, 3.8) is 0 Å². The standard InChI is InChI=1S/C17H26N2O2/c1-12-7-13(2)9-15(8-12)10-14(3)18-17(21)19-6-4-5-16(20)11-19/h7-9,14,16,20H,4-6,10-11H2,1-3H3,(H,18,21). The van der Waals surface area contributed by atoms with Crippen LogP contribution in [0, 0.1) is 13.8 Å². The summed E-state index contributed by atoms with van der Waals surface area (Å²) in [6.45, 7) is 7.39. The number of aryl methyl sites for hydroxylation is 2. The molecule has 2 atom stereocenters. The van der Waals surface area contributed by atoms with Crippen molar-refractivity contribution in [3.05, 3.63) is 34.9 Å². The quantitative estimate of drug-likeness (QED) is 0.898. The van der Waals surface area contributed by atoms with Crippen LogP contribution in [0.3, 0.4) is 0 Å². The summed E-state index contributed by atoms with van der Waals surface area (Å²) in [5.41, 5.74) is 3.75. The van der Waals surface area contributed by atoms with Crippen LogP contribution >= 0.6 is 0 Å². The molecule has 21 heavy (non-hydrogen) atoms. The number of carbonyl (C=O) groups excluding carboxylic acids is 1. The Labute approximate surface area is 127 Å². The molecule has 1 saturated heterocycles. The predicted octanol–water partition coefficient (Wildman–Crippen LogP) is 2.40. The molecule has 0 radical (unpaired) electrons. The Hall–Kier alpha value is -1.55. The van der Waals surface area contributed by atoms with Crippen LogP contribution in [0.4, 0.5) is 4.79 Å². The van der Waals surface area contributed by atoms with Gasteiger partial charge in [0.1, 0.15) is 0 Å². The number of aliphatic hydroxyl groups is 1. The summed E-state index contributed by atoms with van der Waals surface area (Å²) < 4.78 is 0. The number of rotatable bonds is 3. The van der Waals surface area contributed by atoms with E-state index >= 15 is 0 Å². The summed E-state index contributed by atoms with van der Waals surface area (Å²) in [4.78, 5) is 13.9. The Morgan fingerprint density at radius 2 is 2.05 bits per heavy atom. The highest BCUT2D eigenvalue weighted by Gasteiger charge is 2.22. The van der Waals surface area contributed by atoms with E-state index in [2.05, 4.69) is 37.4 Å². The summed E-state index contributed by atoms with van der Waals surface area (Å²) in [6.07, 6.45) is 2.12. The van der Waals surface area contributed by atoms with Crippen LogP contribution in [-0.2, 0) is 6.42 Å². The van der Waals surface area contributed by atoms with Crippen molar-refractivity contribution < 1.29 is 9.90 Å². The lowest BCUT2D eigenvalue weighted by atomic mass is 10.0. The molecule has 1 aliphatic heterocycles. The Morgan fingerprint density at radius 3 is 2.67 bits per heavy atom. The zero-order chi connectivity index (χ0) is 15.4. The molecule has 2 rings (SSSR count). The van der Waals surface area contributed by atoms with Gasteiger partial charge in [-0.25, -0.2) is 4.79 Å². The van der Waals surface area contributed by atoms with Crippen LogP contribution in [-0.4, -0.2) is 41.3 Å². The molecule has 2 unspecified atom stereocenters. The molecule has 0 aliphatic carbocycles. The molecule has 4 nitrogen and oxygen atoms in total. The monoisotopic (exact) mass is 290 g/mol. The molecule has 1 heterocycles. The van der Waals surface area contributed by atoms with Crippen LogP contribution in [0.1, 0.15) is 36.5 Å². The van der Waals surface area contributed by atoms with Gasteiger partial charge in [0.2, 0.25) is 0 Å². The normalized spacial score (nSPS) is 20.2. The minimum atomic E-state index is -0.376. The predicted molar refractivity (Wildman–Crippen MR) is 84.4 cm³/mol. The number of hydrogen-bond donors (Lipinski definition) is 2. The third-order valence-corrected chi connectivity index (χ3v) is 3.88. The average Bonchev–Trinajstić information content (AvgIpc) is 2.37. The van der Waals surface area contributed by atoms with Gasteiger partial charge in [0.05, 0.1) is 6.10 Å². The van der Waals surface area contributed by atoms with Crippen LogP contribution in [0.25, 0.3) is 0 Å². The second-order valence-electron chi connectivity index (χ2n) is 6.29. The molecular formula is C17H26N2O2. The Balaban J connectivity index is 1.88. The Morgan fingerprint density at radius 1 is 1.38 bits per heavy atom. The molecule has 0 spiro atoms. The topological polar surface area (TPSA) is 52.6 Å². The zero-order valence-corrected chi connectivity index (χ0v) is 13.2. The zero-order valence-electron chi connectivity index (χ0n) is 13.2. The van der Waals surface area contributed by atoms with E-state index in [4.69, 9.17) is 0 Å². The maximum absolute atomic E-state index is 12.2. The molecule has 0 bridgehead atoms. The Bertz CT molecular complexity index is 481. The molecule has 0 aromatic heterocycles. The lowest BCUT2D eigenvalue weighted by Crippen LogP contribution is -2.49. The average molecular weight is 290 g/mol. The van der Waals surface area contributed by atoms with Gasteiger partial charge < -0.3 is 15.3 Å². The number of aliphatic hydroxyl groups excluding tert-OH is 1. The van der Waals surface area contributed by atoms with Crippen molar-refractivity contribution in [2.75, 3.05) is 13.1 Å². The maximum atomic E-state index is 12.2. The third kappa shape index (κ3) is 4.74. The summed E-state index contributed by atoms with van der Waals surface area (Å²) in [5, 5.41) is 12.7. The number of β-amino-alcohol motifs (C(OH)–C–C–N with tert-alkyl or cyclic N) is 1. The highest BCUT2D eigenvalue weighted by atomic mass is 16.3. The van der Waals surface area contributed by atoms with Crippen molar-refractivity contribution in [2.24, 2.45) is 0 Å². The molecule has 2 N–H and O–H groups in total. The summed E-state index contributed by atoms with van der Waals surface area (Å²) >= 11 is 0. The van der Waals surface area contributed by atoms with E-state index in [0.29, 0.717) is 6.54 Å². The van der Waals surface area contributed by atoms with Crippen LogP contribution in [0.15, 0.2) is 18.2 Å². The number of piperidine rings is 1. The van der Waals surface area contributed by atoms with E-state index in [0.717, 1.165) is 25.8 Å². The molecule has 2 amide bonds. The first-order valence-electron chi connectivity index (χ1n) is 7.74. The minimum absolute atomic E-state index is 0.0642. The van der Waals surface area contributed by atoms with Crippen molar-refractivity contribution in [1.82, 2.24) is 10.2 Å². The smallest absolute Gasteiger partial charge is 0.317 e. The minimum Gasteiger partial charge on any atom is -0.391 e. The van der Waals surface area contributed by atoms with E-state index in [1.165, 1.54) is 16.7 Å². The number of nitrogens with zero attached hydrogens (tertiary/aromatic N) is 1. The van der Waals surface area contributed by atoms with E-state index < -0.39 is 0 Å². The lowest BCUT2D eigenvalue weighted by molar-refractivity contribution is 0.0835. The van der Waals surface area contributed by atoms with Gasteiger partial charge in [-0.3, -0.25) is 0 Å². The molecule has 4 heteroatoms. The summed E-state index contributed by atoms with van der Waals surface area (Å²) in [6, 6.07) is 6.51. The number of benzene rings is 1. The molecule has 1 aromatic carbocycles. The molecule has 1 aliphatic rings. The van der Waals surface area contributed by atoms with E-state index in [9.17, 15) is 9.90 Å². The fraction of sp³-hybridized carbons (Fsp3) is 0.588. The summed E-state index contributed by atoms with van der Waals surface area (Å²) in [5.74, 6) is 0. The van der Waals surface area contributed by atoms with Gasteiger partial charge in [-0.05, 0) is 45.6 Å². The highest BCUT2D eigenvalue weighted by molar-refractivity contribution is 5.74. The fourth-order valence-electron chi connectivity index (χ4n) is 3.03. The first kappa shape index (κ1) is 15.8. The summed E-state index contributed by atoms with van der Waals surface area (Å²) in [7, 11) is 0. The third-order valence-electron chi connectivity index (χ3n) is 3.88. The second kappa shape index (κ2) is 6.94. The fourth-order valence-corrected chi connectivity index (χ4v) is 3.03. The van der Waals surface area contributed by atoms with Crippen molar-refractivity contribution >= 4 is 6.03 Å². The number of urea groups is 1. The molecule has 116 valence electrons. The van der Waals surface area contributed by atoms with Crippen molar-refractivity contribution in [3.8, 4) is 0 Å².